The van der Waals surface area contributed by atoms with Gasteiger partial charge < -0.3 is 10.5 Å². The second kappa shape index (κ2) is 4.97. The topological polar surface area (TPSA) is 61.7 Å². The van der Waals surface area contributed by atoms with Crippen LogP contribution in [0.1, 0.15) is 0 Å². The molecule has 0 heterocycles. The number of amides is 1. The predicted molar refractivity (Wildman–Crippen MR) is 58.1 cm³/mol. The van der Waals surface area contributed by atoms with Crippen LogP contribution in [-0.4, -0.2) is 17.3 Å². The van der Waals surface area contributed by atoms with Crippen LogP contribution in [0.2, 0.25) is 5.02 Å². The van der Waals surface area contributed by atoms with Crippen LogP contribution in [-0.2, 0) is 4.79 Å². The molecule has 1 aromatic rings. The van der Waals surface area contributed by atoms with E-state index in [1.165, 1.54) is 0 Å². The summed E-state index contributed by atoms with van der Waals surface area (Å²) in [6, 6.07) is 5.11. The van der Waals surface area contributed by atoms with Gasteiger partial charge in [-0.25, -0.2) is 0 Å². The van der Waals surface area contributed by atoms with Crippen LogP contribution >= 0.6 is 27.5 Å². The maximum Gasteiger partial charge on any atom is 0.270 e. The molecule has 0 saturated heterocycles. The van der Waals surface area contributed by atoms with Gasteiger partial charge in [0.25, 0.3) is 5.91 Å². The van der Waals surface area contributed by atoms with Crippen molar-refractivity contribution in [1.29, 1.82) is 0 Å². The molecule has 0 aliphatic carbocycles. The number of carbonyl (C=O) groups excluding carboxylic acids is 1. The van der Waals surface area contributed by atoms with Crippen LogP contribution in [0.4, 0.5) is 5.69 Å². The van der Waals surface area contributed by atoms with Gasteiger partial charge in [0.1, 0.15) is 6.21 Å². The van der Waals surface area contributed by atoms with E-state index in [1.807, 2.05) is 0 Å². The molecule has 0 radical (unpaired) electrons. The van der Waals surface area contributed by atoms with Crippen molar-refractivity contribution in [3.8, 4) is 0 Å². The van der Waals surface area contributed by atoms with Gasteiger partial charge in [-0.3, -0.25) is 4.79 Å². The van der Waals surface area contributed by atoms with E-state index in [0.29, 0.717) is 15.2 Å². The van der Waals surface area contributed by atoms with Gasteiger partial charge in [-0.2, -0.15) is 0 Å². The van der Waals surface area contributed by atoms with E-state index in [-0.39, 0.29) is 0 Å². The Hall–Kier alpha value is -1.07. The summed E-state index contributed by atoms with van der Waals surface area (Å²) in [4.78, 5) is 11.0. The zero-order valence-electron chi connectivity index (χ0n) is 6.87. The molecule has 0 aromatic heterocycles. The number of halogens is 2. The van der Waals surface area contributed by atoms with Crippen molar-refractivity contribution < 1.29 is 10.0 Å². The van der Waals surface area contributed by atoms with Gasteiger partial charge in [0.05, 0.1) is 10.7 Å². The van der Waals surface area contributed by atoms with Crippen molar-refractivity contribution in [1.82, 2.24) is 0 Å². The smallest absolute Gasteiger partial charge is 0.270 e. The number of anilines is 1. The quantitative estimate of drug-likeness (QED) is 0.496. The number of rotatable bonds is 2. The van der Waals surface area contributed by atoms with Gasteiger partial charge in [-0.1, -0.05) is 22.8 Å². The Balaban J connectivity index is 2.87. The fourth-order valence-electron chi connectivity index (χ4n) is 0.818. The molecule has 0 aliphatic rings. The first-order chi connectivity index (χ1) is 6.65. The molecular formula is C8H6BrClN2O2. The maximum absolute atomic E-state index is 11.0. The van der Waals surface area contributed by atoms with E-state index in [1.54, 1.807) is 18.2 Å². The molecular weight excluding hydrogens is 271 g/mol. The SMILES string of the molecule is O=C(/C=N/O)Nc1cccc(Br)c1Cl. The summed E-state index contributed by atoms with van der Waals surface area (Å²) in [5.41, 5.74) is 0.450. The third-order valence-electron chi connectivity index (χ3n) is 1.38. The summed E-state index contributed by atoms with van der Waals surface area (Å²) in [5, 5.41) is 13.5. The fraction of sp³-hybridized carbons (Fsp3) is 0. The molecule has 1 amide bonds. The molecule has 0 atom stereocenters. The molecule has 0 spiro atoms. The Bertz CT molecular complexity index is 382. The monoisotopic (exact) mass is 276 g/mol. The number of benzene rings is 1. The first kappa shape index (κ1) is 11.0. The van der Waals surface area contributed by atoms with Gasteiger partial charge in [0.15, 0.2) is 0 Å². The Morgan fingerprint density at radius 3 is 3.00 bits per heavy atom. The van der Waals surface area contributed by atoms with Crippen molar-refractivity contribution in [2.45, 2.75) is 0 Å². The minimum absolute atomic E-state index is 0.396. The van der Waals surface area contributed by atoms with E-state index in [4.69, 9.17) is 16.8 Å². The molecule has 0 bridgehead atoms. The van der Waals surface area contributed by atoms with Crippen molar-refractivity contribution in [2.75, 3.05) is 5.32 Å². The summed E-state index contributed by atoms with van der Waals surface area (Å²) in [6.45, 7) is 0. The summed E-state index contributed by atoms with van der Waals surface area (Å²) in [7, 11) is 0. The first-order valence-corrected chi connectivity index (χ1v) is 4.74. The second-order valence-corrected chi connectivity index (χ2v) is 3.57. The summed E-state index contributed by atoms with van der Waals surface area (Å²) >= 11 is 9.08. The number of oxime groups is 1. The zero-order valence-corrected chi connectivity index (χ0v) is 9.21. The highest BCUT2D eigenvalue weighted by Crippen LogP contribution is 2.29. The maximum atomic E-state index is 11.0. The number of carbonyl (C=O) groups is 1. The highest BCUT2D eigenvalue weighted by atomic mass is 79.9. The Morgan fingerprint density at radius 1 is 1.64 bits per heavy atom. The highest BCUT2D eigenvalue weighted by molar-refractivity contribution is 9.10. The minimum Gasteiger partial charge on any atom is -0.411 e. The Morgan fingerprint density at radius 2 is 2.36 bits per heavy atom. The van der Waals surface area contributed by atoms with Crippen LogP contribution in [0.3, 0.4) is 0 Å². The molecule has 2 N–H and O–H groups in total. The molecule has 1 rings (SSSR count). The summed E-state index contributed by atoms with van der Waals surface area (Å²) in [5.74, 6) is -0.549. The lowest BCUT2D eigenvalue weighted by Gasteiger charge is -2.04. The van der Waals surface area contributed by atoms with E-state index < -0.39 is 5.91 Å². The molecule has 0 aliphatic heterocycles. The fourth-order valence-corrected chi connectivity index (χ4v) is 1.36. The van der Waals surface area contributed by atoms with Crippen LogP contribution in [0.5, 0.6) is 0 Å². The van der Waals surface area contributed by atoms with Crippen molar-refractivity contribution in [3.63, 3.8) is 0 Å². The van der Waals surface area contributed by atoms with E-state index in [0.717, 1.165) is 6.21 Å². The van der Waals surface area contributed by atoms with E-state index in [2.05, 4.69) is 26.4 Å². The van der Waals surface area contributed by atoms with E-state index in [9.17, 15) is 4.79 Å². The molecule has 74 valence electrons. The van der Waals surface area contributed by atoms with E-state index >= 15 is 0 Å². The third kappa shape index (κ3) is 2.71. The van der Waals surface area contributed by atoms with Gasteiger partial charge in [-0.15, -0.1) is 0 Å². The van der Waals surface area contributed by atoms with Gasteiger partial charge in [0, 0.05) is 4.47 Å². The van der Waals surface area contributed by atoms with Crippen molar-refractivity contribution >= 4 is 45.3 Å². The van der Waals surface area contributed by atoms with Crippen LogP contribution in [0.25, 0.3) is 0 Å². The lowest BCUT2D eigenvalue weighted by molar-refractivity contribution is -0.110. The van der Waals surface area contributed by atoms with Crippen LogP contribution in [0.15, 0.2) is 27.8 Å². The van der Waals surface area contributed by atoms with Crippen LogP contribution < -0.4 is 5.32 Å². The van der Waals surface area contributed by atoms with Crippen molar-refractivity contribution in [2.24, 2.45) is 5.16 Å². The molecule has 4 nitrogen and oxygen atoms in total. The molecule has 6 heteroatoms. The first-order valence-electron chi connectivity index (χ1n) is 3.57. The second-order valence-electron chi connectivity index (χ2n) is 2.34. The summed E-state index contributed by atoms with van der Waals surface area (Å²) < 4.78 is 0.679. The summed E-state index contributed by atoms with van der Waals surface area (Å²) in [6.07, 6.45) is 0.747. The highest BCUT2D eigenvalue weighted by Gasteiger charge is 2.05. The van der Waals surface area contributed by atoms with Crippen LogP contribution in [0, 0.1) is 0 Å². The third-order valence-corrected chi connectivity index (χ3v) is 2.68. The average Bonchev–Trinajstić information content (AvgIpc) is 2.13. The minimum atomic E-state index is -0.549. The lowest BCUT2D eigenvalue weighted by Crippen LogP contribution is -2.12. The molecule has 0 fully saturated rings. The number of hydrogen-bond acceptors (Lipinski definition) is 3. The number of nitrogens with one attached hydrogen (secondary N) is 1. The number of hydrogen-bond donors (Lipinski definition) is 2. The Labute approximate surface area is 93.7 Å². The predicted octanol–water partition coefficient (Wildman–Crippen LogP) is 2.50. The largest absolute Gasteiger partial charge is 0.411 e. The zero-order chi connectivity index (χ0) is 10.6. The average molecular weight is 278 g/mol. The number of nitrogens with zero attached hydrogens (tertiary/aromatic N) is 1. The molecule has 14 heavy (non-hydrogen) atoms. The molecule has 0 unspecified atom stereocenters. The van der Waals surface area contributed by atoms with Gasteiger partial charge >= 0.3 is 0 Å². The normalized spacial score (nSPS) is 10.4. The standard InChI is InChI=1S/C8H6BrClN2O2/c9-5-2-1-3-6(8(5)10)12-7(13)4-11-14/h1-4,14H,(H,12,13)/b11-4+. The lowest BCUT2D eigenvalue weighted by atomic mass is 10.3. The van der Waals surface area contributed by atoms with Gasteiger partial charge in [-0.05, 0) is 28.1 Å². The van der Waals surface area contributed by atoms with Crippen molar-refractivity contribution in [3.05, 3.63) is 27.7 Å². The molecule has 0 saturated carbocycles. The Kier molecular flexibility index (Phi) is 3.91. The molecule has 1 aromatic carbocycles. The van der Waals surface area contributed by atoms with Gasteiger partial charge in [0.2, 0.25) is 0 Å².